The Hall–Kier alpha value is -8.66. The number of anilines is 3. The molecule has 13 aromatic rings. The van der Waals surface area contributed by atoms with Gasteiger partial charge in [0.05, 0.1) is 16.7 Å². The summed E-state index contributed by atoms with van der Waals surface area (Å²) in [5.74, 6) is 0. The molecule has 0 radical (unpaired) electrons. The second-order valence-corrected chi connectivity index (χ2v) is 16.8. The summed E-state index contributed by atoms with van der Waals surface area (Å²) in [5.41, 5.74) is 15.4. The van der Waals surface area contributed by atoms with Crippen molar-refractivity contribution in [2.75, 3.05) is 4.90 Å². The van der Waals surface area contributed by atoms with Gasteiger partial charge in [-0.15, -0.1) is 0 Å². The van der Waals surface area contributed by atoms with Gasteiger partial charge in [0.15, 0.2) is 0 Å². The lowest BCUT2D eigenvalue weighted by molar-refractivity contribution is 0.669. The maximum Gasteiger partial charge on any atom is 0.135 e. The number of furan rings is 1. The SMILES string of the molecule is c1ccc(-c2cc(N(c3cccc(-c4cc5ccccc5c5ccccc45)c3)c3ccc4oc5ccccc5c4c3)ccc2-c2ccccc2-n2c3ccccc3c3ccccc32)cc1. The number of hydrogen-bond donors (Lipinski definition) is 0. The van der Waals surface area contributed by atoms with Crippen LogP contribution < -0.4 is 4.90 Å². The molecule has 65 heavy (non-hydrogen) atoms. The Morgan fingerprint density at radius 1 is 0.292 bits per heavy atom. The smallest absolute Gasteiger partial charge is 0.135 e. The van der Waals surface area contributed by atoms with E-state index >= 15 is 0 Å². The van der Waals surface area contributed by atoms with Crippen molar-refractivity contribution < 1.29 is 4.42 Å². The number of rotatable bonds is 7. The van der Waals surface area contributed by atoms with Crippen LogP contribution in [0.15, 0.2) is 247 Å². The molecule has 0 N–H and O–H groups in total. The molecule has 13 rings (SSSR count). The summed E-state index contributed by atoms with van der Waals surface area (Å²) in [6.07, 6.45) is 0. The quantitative estimate of drug-likeness (QED) is 0.149. The first-order valence-electron chi connectivity index (χ1n) is 22.2. The molecule has 3 nitrogen and oxygen atoms in total. The van der Waals surface area contributed by atoms with Crippen LogP contribution in [0.2, 0.25) is 0 Å². The van der Waals surface area contributed by atoms with Crippen LogP contribution in [0.1, 0.15) is 0 Å². The zero-order valence-corrected chi connectivity index (χ0v) is 35.4. The standard InChI is InChI=1S/C62H40N2O/c1-2-17-41(18-3-1)56-39-45(33-35-50(56)51-25-8-12-29-58(51)64-59-30-13-9-26-52(59)53-27-10-14-31-60(53)64)63(46-34-36-62-57(40-46)54-28-11-15-32-61(54)65-62)44-21-16-20-42(37-44)55-38-43-19-4-5-22-47(43)48-23-6-7-24-49(48)55/h1-40H. The highest BCUT2D eigenvalue weighted by Crippen LogP contribution is 2.46. The summed E-state index contributed by atoms with van der Waals surface area (Å²) in [4.78, 5) is 2.41. The Morgan fingerprint density at radius 3 is 1.69 bits per heavy atom. The lowest BCUT2D eigenvalue weighted by Gasteiger charge is -2.28. The maximum absolute atomic E-state index is 6.37. The Kier molecular flexibility index (Phi) is 8.53. The Balaban J connectivity index is 1.05. The third-order valence-electron chi connectivity index (χ3n) is 13.2. The van der Waals surface area contributed by atoms with Gasteiger partial charge in [0.25, 0.3) is 0 Å². The van der Waals surface area contributed by atoms with Gasteiger partial charge in [-0.1, -0.05) is 170 Å². The van der Waals surface area contributed by atoms with E-state index < -0.39 is 0 Å². The predicted octanol–water partition coefficient (Wildman–Crippen LogP) is 17.5. The first-order chi connectivity index (χ1) is 32.2. The van der Waals surface area contributed by atoms with Crippen molar-refractivity contribution in [3.63, 3.8) is 0 Å². The highest BCUT2D eigenvalue weighted by atomic mass is 16.3. The van der Waals surface area contributed by atoms with Crippen molar-refractivity contribution in [3.05, 3.63) is 243 Å². The van der Waals surface area contributed by atoms with E-state index in [0.29, 0.717) is 0 Å². The van der Waals surface area contributed by atoms with Gasteiger partial charge in [-0.2, -0.15) is 0 Å². The molecule has 0 amide bonds. The number of hydrogen-bond acceptors (Lipinski definition) is 2. The number of aromatic nitrogens is 1. The molecule has 0 aliphatic rings. The topological polar surface area (TPSA) is 21.3 Å². The Bertz CT molecular complexity index is 3920. The molecule has 0 saturated carbocycles. The van der Waals surface area contributed by atoms with Gasteiger partial charge < -0.3 is 13.9 Å². The second kappa shape index (κ2) is 15.0. The summed E-state index contributed by atoms with van der Waals surface area (Å²) in [7, 11) is 0. The minimum atomic E-state index is 0.869. The van der Waals surface area contributed by atoms with E-state index in [-0.39, 0.29) is 0 Å². The van der Waals surface area contributed by atoms with Gasteiger partial charge >= 0.3 is 0 Å². The molecule has 0 bridgehead atoms. The van der Waals surface area contributed by atoms with E-state index in [0.717, 1.165) is 72.5 Å². The van der Waals surface area contributed by atoms with Gasteiger partial charge in [0.2, 0.25) is 0 Å². The van der Waals surface area contributed by atoms with Crippen LogP contribution in [-0.2, 0) is 0 Å². The highest BCUT2D eigenvalue weighted by Gasteiger charge is 2.22. The van der Waals surface area contributed by atoms with Crippen molar-refractivity contribution in [2.24, 2.45) is 0 Å². The van der Waals surface area contributed by atoms with Crippen LogP contribution in [0, 0.1) is 0 Å². The fourth-order valence-corrected chi connectivity index (χ4v) is 10.2. The third-order valence-corrected chi connectivity index (χ3v) is 13.2. The molecule has 2 aromatic heterocycles. The summed E-state index contributed by atoms with van der Waals surface area (Å²) in [6.45, 7) is 0. The van der Waals surface area contributed by atoms with Crippen molar-refractivity contribution >= 4 is 82.4 Å². The summed E-state index contributed by atoms with van der Waals surface area (Å²) >= 11 is 0. The largest absolute Gasteiger partial charge is 0.456 e. The predicted molar refractivity (Wildman–Crippen MR) is 274 cm³/mol. The monoisotopic (exact) mass is 828 g/mol. The van der Waals surface area contributed by atoms with Crippen LogP contribution in [0.3, 0.4) is 0 Å². The van der Waals surface area contributed by atoms with Crippen LogP contribution >= 0.6 is 0 Å². The molecule has 0 spiro atoms. The maximum atomic E-state index is 6.37. The fraction of sp³-hybridized carbons (Fsp3) is 0. The molecular formula is C62H40N2O. The summed E-state index contributed by atoms with van der Waals surface area (Å²) in [5, 5.41) is 9.65. The van der Waals surface area contributed by atoms with Gasteiger partial charge in [0, 0.05) is 44.2 Å². The van der Waals surface area contributed by atoms with E-state index in [1.807, 2.05) is 12.1 Å². The Morgan fingerprint density at radius 2 is 0.877 bits per heavy atom. The van der Waals surface area contributed by atoms with Crippen molar-refractivity contribution in [3.8, 4) is 39.1 Å². The molecule has 0 atom stereocenters. The number of fused-ring (bicyclic) bond motifs is 9. The van der Waals surface area contributed by atoms with Crippen LogP contribution in [-0.4, -0.2) is 4.57 Å². The van der Waals surface area contributed by atoms with Gasteiger partial charge in [-0.3, -0.25) is 0 Å². The van der Waals surface area contributed by atoms with E-state index in [1.54, 1.807) is 0 Å². The zero-order valence-electron chi connectivity index (χ0n) is 35.4. The third kappa shape index (κ3) is 6.05. The fourth-order valence-electron chi connectivity index (χ4n) is 10.2. The average Bonchev–Trinajstić information content (AvgIpc) is 3.92. The van der Waals surface area contributed by atoms with E-state index in [9.17, 15) is 0 Å². The number of nitrogens with zero attached hydrogens (tertiary/aromatic N) is 2. The van der Waals surface area contributed by atoms with Crippen molar-refractivity contribution in [1.82, 2.24) is 4.57 Å². The highest BCUT2D eigenvalue weighted by molar-refractivity contribution is 6.14. The Labute approximate surface area is 376 Å². The van der Waals surface area contributed by atoms with Gasteiger partial charge in [-0.25, -0.2) is 0 Å². The molecule has 304 valence electrons. The van der Waals surface area contributed by atoms with Gasteiger partial charge in [0.1, 0.15) is 11.2 Å². The lowest BCUT2D eigenvalue weighted by atomic mass is 9.92. The minimum absolute atomic E-state index is 0.869. The first-order valence-corrected chi connectivity index (χ1v) is 22.2. The molecule has 0 fully saturated rings. The zero-order chi connectivity index (χ0) is 42.8. The lowest BCUT2D eigenvalue weighted by Crippen LogP contribution is -2.10. The molecule has 11 aromatic carbocycles. The molecule has 0 unspecified atom stereocenters. The number of benzene rings is 11. The molecular weight excluding hydrogens is 789 g/mol. The normalized spacial score (nSPS) is 11.7. The van der Waals surface area contributed by atoms with Crippen LogP contribution in [0.5, 0.6) is 0 Å². The van der Waals surface area contributed by atoms with E-state index in [4.69, 9.17) is 4.42 Å². The molecule has 3 heteroatoms. The van der Waals surface area contributed by atoms with Crippen molar-refractivity contribution in [2.45, 2.75) is 0 Å². The van der Waals surface area contributed by atoms with E-state index in [2.05, 4.69) is 240 Å². The first kappa shape index (κ1) is 36.9. The van der Waals surface area contributed by atoms with Gasteiger partial charge in [-0.05, 0) is 122 Å². The molecule has 0 aliphatic carbocycles. The minimum Gasteiger partial charge on any atom is -0.456 e. The van der Waals surface area contributed by atoms with Crippen LogP contribution in [0.4, 0.5) is 17.1 Å². The van der Waals surface area contributed by atoms with Crippen molar-refractivity contribution in [1.29, 1.82) is 0 Å². The molecule has 0 saturated heterocycles. The second-order valence-electron chi connectivity index (χ2n) is 16.8. The number of para-hydroxylation sites is 4. The van der Waals surface area contributed by atoms with Crippen LogP contribution in [0.25, 0.3) is 104 Å². The summed E-state index contributed by atoms with van der Waals surface area (Å²) < 4.78 is 8.80. The summed E-state index contributed by atoms with van der Waals surface area (Å²) in [6, 6.07) is 87.9. The average molecular weight is 829 g/mol. The molecule has 0 aliphatic heterocycles. The van der Waals surface area contributed by atoms with E-state index in [1.165, 1.54) is 48.9 Å². The molecule has 2 heterocycles.